The van der Waals surface area contributed by atoms with Crippen LogP contribution in [-0.2, 0) is 6.54 Å². The van der Waals surface area contributed by atoms with Crippen molar-refractivity contribution in [3.8, 4) is 0 Å². The Labute approximate surface area is 168 Å². The predicted octanol–water partition coefficient (Wildman–Crippen LogP) is 3.34. The molecule has 24 heavy (non-hydrogen) atoms. The molecule has 1 aromatic heterocycles. The molecular weight excluding hydrogens is 530 g/mol. The molecule has 0 bridgehead atoms. The summed E-state index contributed by atoms with van der Waals surface area (Å²) in [5.41, 5.74) is 2.31. The second-order valence-corrected chi connectivity index (χ2v) is 8.36. The second-order valence-electron chi connectivity index (χ2n) is 5.87. The molecule has 0 amide bonds. The first-order valence-electron chi connectivity index (χ1n) is 7.97. The van der Waals surface area contributed by atoms with Gasteiger partial charge in [0.25, 0.3) is 0 Å². The lowest BCUT2D eigenvalue weighted by Gasteiger charge is -2.15. The van der Waals surface area contributed by atoms with E-state index in [1.165, 1.54) is 17.9 Å². The van der Waals surface area contributed by atoms with Gasteiger partial charge in [-0.2, -0.15) is 0 Å². The molecule has 3 N–H and O–H groups in total. The summed E-state index contributed by atoms with van der Waals surface area (Å²) in [6, 6.07) is 12.9. The number of rotatable bonds is 7. The average Bonchev–Trinajstić information content (AvgIpc) is 2.84. The van der Waals surface area contributed by atoms with Gasteiger partial charge in [0.1, 0.15) is 0 Å². The van der Waals surface area contributed by atoms with Gasteiger partial charge in [-0.1, -0.05) is 0 Å². The molecule has 1 unspecified atom stereocenters. The molecule has 0 saturated heterocycles. The lowest BCUT2D eigenvalue weighted by atomic mass is 10.2. The zero-order valence-corrected chi connectivity index (χ0v) is 17.5. The van der Waals surface area contributed by atoms with Crippen molar-refractivity contribution >= 4 is 67.0 Å². The largest absolute Gasteiger partial charge is 0.396 e. The third kappa shape index (κ3) is 4.04. The predicted molar refractivity (Wildman–Crippen MR) is 115 cm³/mol. The van der Waals surface area contributed by atoms with Gasteiger partial charge in [-0.05, 0) is 94.5 Å². The summed E-state index contributed by atoms with van der Waals surface area (Å²) >= 11 is 4.68. The first kappa shape index (κ1) is 18.4. The molecule has 6 heteroatoms. The summed E-state index contributed by atoms with van der Waals surface area (Å²) in [6.07, 6.45) is 0.236. The van der Waals surface area contributed by atoms with Crippen LogP contribution >= 0.6 is 45.2 Å². The molecule has 0 aliphatic carbocycles. The Morgan fingerprint density at radius 2 is 1.58 bits per heavy atom. The Balaban J connectivity index is 1.93. The molecule has 3 rings (SSSR count). The molecule has 1 atom stereocenters. The van der Waals surface area contributed by atoms with Crippen molar-refractivity contribution < 1.29 is 10.2 Å². The van der Waals surface area contributed by atoms with E-state index in [4.69, 9.17) is 5.11 Å². The Bertz CT molecular complexity index is 789. The van der Waals surface area contributed by atoms with Crippen LogP contribution in [0.3, 0.4) is 0 Å². The first-order valence-corrected chi connectivity index (χ1v) is 10.1. The first-order chi connectivity index (χ1) is 11.6. The van der Waals surface area contributed by atoms with E-state index < -0.39 is 6.10 Å². The average molecular weight is 550 g/mol. The number of aliphatic hydroxyl groups excluding tert-OH is 2. The number of fused-ring (bicyclic) bond motifs is 3. The second kappa shape index (κ2) is 8.31. The van der Waals surface area contributed by atoms with E-state index in [0.29, 0.717) is 19.5 Å². The molecule has 0 aliphatic rings. The fourth-order valence-corrected chi connectivity index (χ4v) is 3.98. The van der Waals surface area contributed by atoms with E-state index in [1.807, 2.05) is 0 Å². The number of aliphatic hydroxyl groups is 2. The molecule has 0 saturated carbocycles. The maximum Gasteiger partial charge on any atom is 0.0843 e. The Kier molecular flexibility index (Phi) is 6.36. The van der Waals surface area contributed by atoms with Crippen LogP contribution in [0.25, 0.3) is 21.8 Å². The SMILES string of the molecule is OCCCNCC(O)Cn1c2ccc(I)cc2c2cc(I)ccc21. The van der Waals surface area contributed by atoms with Crippen molar-refractivity contribution in [3.63, 3.8) is 0 Å². The van der Waals surface area contributed by atoms with Crippen molar-refractivity contribution in [1.29, 1.82) is 0 Å². The molecule has 0 spiro atoms. The van der Waals surface area contributed by atoms with Crippen LogP contribution in [0.1, 0.15) is 6.42 Å². The van der Waals surface area contributed by atoms with Crippen LogP contribution in [-0.4, -0.2) is 40.6 Å². The summed E-state index contributed by atoms with van der Waals surface area (Å²) in [5.74, 6) is 0. The molecule has 4 nitrogen and oxygen atoms in total. The normalized spacial score (nSPS) is 13.0. The van der Waals surface area contributed by atoms with Gasteiger partial charge in [0.15, 0.2) is 0 Å². The summed E-state index contributed by atoms with van der Waals surface area (Å²) in [7, 11) is 0. The number of benzene rings is 2. The van der Waals surface area contributed by atoms with Crippen LogP contribution in [0, 0.1) is 7.14 Å². The lowest BCUT2D eigenvalue weighted by molar-refractivity contribution is 0.153. The third-order valence-corrected chi connectivity index (χ3v) is 5.42. The van der Waals surface area contributed by atoms with Gasteiger partial charge in [0.2, 0.25) is 0 Å². The highest BCUT2D eigenvalue weighted by Crippen LogP contribution is 2.31. The number of halogens is 2. The van der Waals surface area contributed by atoms with E-state index in [9.17, 15) is 5.11 Å². The van der Waals surface area contributed by atoms with Crippen LogP contribution in [0.15, 0.2) is 36.4 Å². The lowest BCUT2D eigenvalue weighted by Crippen LogP contribution is -2.31. The van der Waals surface area contributed by atoms with Crippen LogP contribution < -0.4 is 5.32 Å². The van der Waals surface area contributed by atoms with Crippen molar-refractivity contribution in [1.82, 2.24) is 9.88 Å². The van der Waals surface area contributed by atoms with E-state index >= 15 is 0 Å². The number of hydrogen-bond acceptors (Lipinski definition) is 3. The Morgan fingerprint density at radius 3 is 2.12 bits per heavy atom. The van der Waals surface area contributed by atoms with Crippen molar-refractivity contribution in [3.05, 3.63) is 43.5 Å². The van der Waals surface area contributed by atoms with Gasteiger partial charge < -0.3 is 20.1 Å². The Hall–Kier alpha value is -0.420. The highest BCUT2D eigenvalue weighted by molar-refractivity contribution is 14.1. The van der Waals surface area contributed by atoms with Crippen molar-refractivity contribution in [2.24, 2.45) is 0 Å². The van der Waals surface area contributed by atoms with Crippen LogP contribution in [0.5, 0.6) is 0 Å². The molecule has 1 heterocycles. The fourth-order valence-electron chi connectivity index (χ4n) is 2.99. The third-order valence-electron chi connectivity index (χ3n) is 4.07. The number of hydrogen-bond donors (Lipinski definition) is 3. The highest BCUT2D eigenvalue weighted by Gasteiger charge is 2.14. The molecule has 0 radical (unpaired) electrons. The quantitative estimate of drug-likeness (QED) is 0.313. The van der Waals surface area contributed by atoms with E-state index in [-0.39, 0.29) is 6.61 Å². The molecule has 0 fully saturated rings. The standard InChI is InChI=1S/C18H20I2N2O2/c19-12-2-4-17-15(8-12)16-9-13(20)3-5-18(16)22(17)11-14(24)10-21-6-1-7-23/h2-5,8-9,14,21,23-24H,1,6-7,10-11H2. The minimum absolute atomic E-state index is 0.174. The Morgan fingerprint density at radius 1 is 1.00 bits per heavy atom. The van der Waals surface area contributed by atoms with Gasteiger partial charge in [-0.25, -0.2) is 0 Å². The number of nitrogens with zero attached hydrogens (tertiary/aromatic N) is 1. The number of nitrogens with one attached hydrogen (secondary N) is 1. The highest BCUT2D eigenvalue weighted by atomic mass is 127. The van der Waals surface area contributed by atoms with E-state index in [1.54, 1.807) is 0 Å². The maximum atomic E-state index is 10.4. The molecule has 0 aliphatic heterocycles. The van der Waals surface area contributed by atoms with Gasteiger partial charge in [-0.15, -0.1) is 0 Å². The van der Waals surface area contributed by atoms with Crippen molar-refractivity contribution in [2.75, 3.05) is 19.7 Å². The van der Waals surface area contributed by atoms with Gasteiger partial charge in [0, 0.05) is 42.1 Å². The van der Waals surface area contributed by atoms with Crippen LogP contribution in [0.4, 0.5) is 0 Å². The topological polar surface area (TPSA) is 57.4 Å². The molecular formula is C18H20I2N2O2. The molecule has 128 valence electrons. The van der Waals surface area contributed by atoms with E-state index in [0.717, 1.165) is 17.6 Å². The van der Waals surface area contributed by atoms with Crippen LogP contribution in [0.2, 0.25) is 0 Å². The van der Waals surface area contributed by atoms with Gasteiger partial charge in [-0.3, -0.25) is 0 Å². The van der Waals surface area contributed by atoms with Gasteiger partial charge in [0.05, 0.1) is 12.6 Å². The maximum absolute atomic E-state index is 10.4. The molecule has 3 aromatic rings. The summed E-state index contributed by atoms with van der Waals surface area (Å²) in [6.45, 7) is 1.97. The summed E-state index contributed by atoms with van der Waals surface area (Å²) in [5, 5.41) is 24.9. The smallest absolute Gasteiger partial charge is 0.0843 e. The molecule has 2 aromatic carbocycles. The zero-order valence-electron chi connectivity index (χ0n) is 13.2. The number of aromatic nitrogens is 1. The zero-order chi connectivity index (χ0) is 17.1. The van der Waals surface area contributed by atoms with Gasteiger partial charge >= 0.3 is 0 Å². The van der Waals surface area contributed by atoms with E-state index in [2.05, 4.69) is 91.5 Å². The summed E-state index contributed by atoms with van der Waals surface area (Å²) in [4.78, 5) is 0. The monoisotopic (exact) mass is 550 g/mol. The minimum Gasteiger partial charge on any atom is -0.396 e. The summed E-state index contributed by atoms with van der Waals surface area (Å²) < 4.78 is 4.63. The minimum atomic E-state index is -0.471. The fraction of sp³-hybridized carbons (Fsp3) is 0.333. The van der Waals surface area contributed by atoms with Crippen molar-refractivity contribution in [2.45, 2.75) is 19.1 Å².